The summed E-state index contributed by atoms with van der Waals surface area (Å²) in [5, 5.41) is 9.14. The molecule has 0 aliphatic carbocycles. The molecule has 41 heavy (non-hydrogen) atoms. The van der Waals surface area contributed by atoms with Crippen LogP contribution in [0.5, 0.6) is 0 Å². The van der Waals surface area contributed by atoms with Gasteiger partial charge in [0.05, 0.1) is 25.8 Å². The molecule has 0 N–H and O–H groups in total. The summed E-state index contributed by atoms with van der Waals surface area (Å²) in [6, 6.07) is 15.9. The van der Waals surface area contributed by atoms with Gasteiger partial charge in [0.15, 0.2) is 11.0 Å². The van der Waals surface area contributed by atoms with E-state index < -0.39 is 12.0 Å². The number of rotatable bonds is 9. The standard InChI is InChI=1S/C29H29N5O5S2/c1-6-38-28(36)39-29(4)31-25(32-33-29)21-11-9-8-10-20(21)19-14-12-18(13-15-19)16-34-23-22(30-27(34)40-7-2)17(3)41-24(23)26(35)37-5/h8-15H,6-7,16H2,1-5H3. The Morgan fingerprint density at radius 1 is 1.07 bits per heavy atom. The van der Waals surface area contributed by atoms with E-state index in [1.54, 1.807) is 25.6 Å². The Labute approximate surface area is 245 Å². The number of amidine groups is 1. The molecule has 5 rings (SSSR count). The second kappa shape index (κ2) is 11.8. The molecule has 0 radical (unpaired) electrons. The largest absolute Gasteiger partial charge is 0.511 e. The Morgan fingerprint density at radius 3 is 2.49 bits per heavy atom. The summed E-state index contributed by atoms with van der Waals surface area (Å²) in [4.78, 5) is 35.3. The van der Waals surface area contributed by atoms with Crippen LogP contribution in [0, 0.1) is 6.92 Å². The molecule has 2 aromatic heterocycles. The maximum Gasteiger partial charge on any atom is 0.511 e. The van der Waals surface area contributed by atoms with E-state index in [1.165, 1.54) is 18.4 Å². The predicted molar refractivity (Wildman–Crippen MR) is 159 cm³/mol. The van der Waals surface area contributed by atoms with E-state index in [1.807, 2.05) is 43.3 Å². The van der Waals surface area contributed by atoms with Gasteiger partial charge >= 0.3 is 18.0 Å². The number of aromatic nitrogens is 2. The molecule has 12 heteroatoms. The van der Waals surface area contributed by atoms with Crippen molar-refractivity contribution in [1.82, 2.24) is 9.55 Å². The predicted octanol–water partition coefficient (Wildman–Crippen LogP) is 7.08. The van der Waals surface area contributed by atoms with Gasteiger partial charge in [-0.1, -0.05) is 67.2 Å². The monoisotopic (exact) mass is 591 g/mol. The van der Waals surface area contributed by atoms with Crippen LogP contribution in [0.2, 0.25) is 0 Å². The fraction of sp³-hybridized carbons (Fsp3) is 0.310. The van der Waals surface area contributed by atoms with Crippen LogP contribution < -0.4 is 0 Å². The van der Waals surface area contributed by atoms with Crippen molar-refractivity contribution in [3.05, 3.63) is 69.4 Å². The van der Waals surface area contributed by atoms with Gasteiger partial charge in [-0.2, -0.15) is 4.99 Å². The van der Waals surface area contributed by atoms with Crippen molar-refractivity contribution in [3.63, 3.8) is 0 Å². The smallest absolute Gasteiger partial charge is 0.465 e. The molecule has 4 aromatic rings. The highest BCUT2D eigenvalue weighted by Gasteiger charge is 2.34. The van der Waals surface area contributed by atoms with Crippen LogP contribution in [0.25, 0.3) is 22.2 Å². The van der Waals surface area contributed by atoms with Crippen LogP contribution in [-0.2, 0) is 20.8 Å². The van der Waals surface area contributed by atoms with Crippen molar-refractivity contribution in [3.8, 4) is 11.1 Å². The molecular formula is C29H29N5O5S2. The number of methoxy groups -OCH3 is 1. The number of aryl methyl sites for hydroxylation is 1. The number of imidazole rings is 1. The lowest BCUT2D eigenvalue weighted by molar-refractivity contribution is -0.0151. The van der Waals surface area contributed by atoms with E-state index in [4.69, 9.17) is 19.2 Å². The Kier molecular flexibility index (Phi) is 8.22. The molecule has 2 aromatic carbocycles. The first-order chi connectivity index (χ1) is 19.8. The van der Waals surface area contributed by atoms with Gasteiger partial charge in [0.2, 0.25) is 0 Å². The fourth-order valence-electron chi connectivity index (χ4n) is 4.52. The van der Waals surface area contributed by atoms with E-state index in [9.17, 15) is 9.59 Å². The zero-order valence-electron chi connectivity index (χ0n) is 23.3. The Bertz CT molecular complexity index is 1670. The zero-order chi connectivity index (χ0) is 29.1. The Balaban J connectivity index is 1.45. The topological polar surface area (TPSA) is 117 Å². The number of carbonyl (C=O) groups is 2. The molecule has 0 bridgehead atoms. The number of hydrogen-bond donors (Lipinski definition) is 0. The number of aliphatic imine (C=N–C) groups is 1. The first-order valence-electron chi connectivity index (χ1n) is 13.0. The van der Waals surface area contributed by atoms with Crippen molar-refractivity contribution in [2.45, 2.75) is 45.2 Å². The highest BCUT2D eigenvalue weighted by atomic mass is 32.2. The van der Waals surface area contributed by atoms with E-state index in [0.717, 1.165) is 49.1 Å². The van der Waals surface area contributed by atoms with Gasteiger partial charge < -0.3 is 18.8 Å². The van der Waals surface area contributed by atoms with Gasteiger partial charge in [0.1, 0.15) is 10.4 Å². The molecule has 0 spiro atoms. The molecule has 10 nitrogen and oxygen atoms in total. The van der Waals surface area contributed by atoms with Crippen LogP contribution in [-0.4, -0.2) is 52.8 Å². The third-order valence-corrected chi connectivity index (χ3v) is 8.26. The lowest BCUT2D eigenvalue weighted by atomic mass is 9.98. The summed E-state index contributed by atoms with van der Waals surface area (Å²) in [7, 11) is 1.40. The second-order valence-electron chi connectivity index (χ2n) is 9.19. The lowest BCUT2D eigenvalue weighted by Gasteiger charge is -2.15. The van der Waals surface area contributed by atoms with Crippen molar-refractivity contribution in [2.24, 2.45) is 15.2 Å². The normalized spacial score (nSPS) is 16.2. The van der Waals surface area contributed by atoms with Crippen LogP contribution in [0.1, 0.15) is 46.4 Å². The molecule has 0 amide bonds. The van der Waals surface area contributed by atoms with Gasteiger partial charge in [0.25, 0.3) is 0 Å². The van der Waals surface area contributed by atoms with Crippen molar-refractivity contribution in [2.75, 3.05) is 19.5 Å². The quantitative estimate of drug-likeness (QED) is 0.151. The Hall–Kier alpha value is -4.03. The SMILES string of the molecule is CCOC(=O)OC1(C)N=NC(c2ccccc2-c2ccc(Cn3c(SCC)nc4c(C)sc(C(=O)OC)c43)cc2)=N1. The lowest BCUT2D eigenvalue weighted by Crippen LogP contribution is -2.26. The zero-order valence-corrected chi connectivity index (χ0v) is 25.0. The summed E-state index contributed by atoms with van der Waals surface area (Å²) in [5.41, 5.74) is 5.32. The van der Waals surface area contributed by atoms with Gasteiger partial charge in [-0.05, 0) is 36.3 Å². The van der Waals surface area contributed by atoms with Crippen LogP contribution in [0.15, 0.2) is 68.9 Å². The second-order valence-corrected chi connectivity index (χ2v) is 11.6. The highest BCUT2D eigenvalue weighted by Crippen LogP contribution is 2.36. The fourth-order valence-corrected chi connectivity index (χ4v) is 6.26. The molecule has 0 saturated heterocycles. The molecule has 1 aliphatic heterocycles. The van der Waals surface area contributed by atoms with Gasteiger partial charge in [-0.15, -0.1) is 21.6 Å². The minimum absolute atomic E-state index is 0.186. The first-order valence-corrected chi connectivity index (χ1v) is 14.8. The maximum absolute atomic E-state index is 12.6. The minimum atomic E-state index is -1.48. The van der Waals surface area contributed by atoms with E-state index in [-0.39, 0.29) is 12.6 Å². The number of azo groups is 1. The molecule has 0 fully saturated rings. The number of thiophene rings is 1. The molecule has 1 aliphatic rings. The summed E-state index contributed by atoms with van der Waals surface area (Å²) < 4.78 is 17.3. The molecule has 1 unspecified atom stereocenters. The molecule has 3 heterocycles. The van der Waals surface area contributed by atoms with E-state index in [2.05, 4.69) is 38.8 Å². The number of fused-ring (bicyclic) bond motifs is 1. The van der Waals surface area contributed by atoms with Crippen LogP contribution >= 0.6 is 23.1 Å². The average Bonchev–Trinajstić information content (AvgIpc) is 3.62. The maximum atomic E-state index is 12.6. The average molecular weight is 592 g/mol. The third kappa shape index (κ3) is 5.75. The molecule has 1 atom stereocenters. The third-order valence-electron chi connectivity index (χ3n) is 6.34. The number of hydrogen-bond acceptors (Lipinski definition) is 11. The summed E-state index contributed by atoms with van der Waals surface area (Å²) >= 11 is 3.05. The van der Waals surface area contributed by atoms with E-state index >= 15 is 0 Å². The van der Waals surface area contributed by atoms with Gasteiger partial charge in [-0.25, -0.2) is 14.6 Å². The van der Waals surface area contributed by atoms with E-state index in [0.29, 0.717) is 17.3 Å². The number of thioether (sulfide) groups is 1. The van der Waals surface area contributed by atoms with Gasteiger partial charge in [-0.3, -0.25) is 0 Å². The van der Waals surface area contributed by atoms with Crippen molar-refractivity contribution >= 4 is 52.1 Å². The summed E-state index contributed by atoms with van der Waals surface area (Å²) in [6.45, 7) is 8.03. The number of esters is 1. The molecular weight excluding hydrogens is 562 g/mol. The van der Waals surface area contributed by atoms with Crippen LogP contribution in [0.3, 0.4) is 0 Å². The summed E-state index contributed by atoms with van der Waals surface area (Å²) in [6.07, 6.45) is -0.852. The van der Waals surface area contributed by atoms with Gasteiger partial charge in [0, 0.05) is 17.4 Å². The number of carbonyl (C=O) groups excluding carboxylic acids is 2. The van der Waals surface area contributed by atoms with Crippen LogP contribution in [0.4, 0.5) is 4.79 Å². The Morgan fingerprint density at radius 2 is 1.80 bits per heavy atom. The number of nitrogens with zero attached hydrogens (tertiary/aromatic N) is 5. The van der Waals surface area contributed by atoms with Crippen molar-refractivity contribution in [1.29, 1.82) is 0 Å². The minimum Gasteiger partial charge on any atom is -0.465 e. The first kappa shape index (κ1) is 28.5. The highest BCUT2D eigenvalue weighted by molar-refractivity contribution is 7.99. The summed E-state index contributed by atoms with van der Waals surface area (Å²) in [5.74, 6) is -0.616. The van der Waals surface area contributed by atoms with Crippen molar-refractivity contribution < 1.29 is 23.8 Å². The number of benzene rings is 2. The molecule has 212 valence electrons. The number of ether oxygens (including phenoxy) is 3. The molecule has 0 saturated carbocycles.